The SMILES string of the molecule is CCCCC[C@H]1C[C@@H](CCc2ccc(O)c(OC)c2)O[C@@](C)(OC)O1. The standard InChI is InChI=1S/C20H32O5/c1-5-6-7-8-16-14-17(25-20(2,23-4)24-16)11-9-15-10-12-18(21)19(13-15)22-3/h10,12-13,16-17,21H,5-9,11,14H2,1-4H3/t16-,17+,20-/m0/s1. The van der Waals surface area contributed by atoms with Crippen LogP contribution >= 0.6 is 0 Å². The molecule has 0 radical (unpaired) electrons. The smallest absolute Gasteiger partial charge is 0.280 e. The van der Waals surface area contributed by atoms with Gasteiger partial charge in [0.05, 0.1) is 19.3 Å². The van der Waals surface area contributed by atoms with Crippen molar-refractivity contribution < 1.29 is 24.1 Å². The molecule has 1 fully saturated rings. The molecule has 0 saturated carbocycles. The highest BCUT2D eigenvalue weighted by Crippen LogP contribution is 2.33. The molecular formula is C20H32O5. The summed E-state index contributed by atoms with van der Waals surface area (Å²) in [6.07, 6.45) is 7.51. The van der Waals surface area contributed by atoms with Gasteiger partial charge in [-0.25, -0.2) is 0 Å². The number of hydrogen-bond donors (Lipinski definition) is 1. The Kier molecular flexibility index (Phi) is 7.54. The van der Waals surface area contributed by atoms with Crippen molar-refractivity contribution >= 4 is 0 Å². The van der Waals surface area contributed by atoms with E-state index in [1.807, 2.05) is 19.1 Å². The van der Waals surface area contributed by atoms with Crippen LogP contribution in [0.2, 0.25) is 0 Å². The first-order chi connectivity index (χ1) is 12.0. The third kappa shape index (κ3) is 5.87. The molecule has 0 unspecified atom stereocenters. The molecule has 5 nitrogen and oxygen atoms in total. The summed E-state index contributed by atoms with van der Waals surface area (Å²) in [5.41, 5.74) is 1.12. The fourth-order valence-corrected chi connectivity index (χ4v) is 3.30. The molecule has 142 valence electrons. The first-order valence-corrected chi connectivity index (χ1v) is 9.26. The predicted molar refractivity (Wildman–Crippen MR) is 96.9 cm³/mol. The van der Waals surface area contributed by atoms with Crippen LogP contribution in [-0.4, -0.2) is 37.5 Å². The number of phenolic OH excluding ortho intramolecular Hbond substituents is 1. The van der Waals surface area contributed by atoms with Gasteiger partial charge in [0.25, 0.3) is 5.97 Å². The van der Waals surface area contributed by atoms with Crippen LogP contribution in [0.5, 0.6) is 11.5 Å². The number of unbranched alkanes of at least 4 members (excludes halogenated alkanes) is 2. The number of ether oxygens (including phenoxy) is 4. The van der Waals surface area contributed by atoms with Gasteiger partial charge in [-0.2, -0.15) is 0 Å². The second-order valence-electron chi connectivity index (χ2n) is 6.82. The molecule has 3 atom stereocenters. The van der Waals surface area contributed by atoms with Crippen LogP contribution in [0.15, 0.2) is 18.2 Å². The normalized spacial score (nSPS) is 26.6. The minimum atomic E-state index is -0.966. The maximum absolute atomic E-state index is 9.71. The van der Waals surface area contributed by atoms with Crippen LogP contribution in [-0.2, 0) is 20.6 Å². The summed E-state index contributed by atoms with van der Waals surface area (Å²) in [6, 6.07) is 5.47. The number of rotatable bonds is 9. The summed E-state index contributed by atoms with van der Waals surface area (Å²) < 4.78 is 22.7. The third-order valence-corrected chi connectivity index (χ3v) is 4.79. The molecule has 1 aromatic carbocycles. The van der Waals surface area contributed by atoms with E-state index in [2.05, 4.69) is 6.92 Å². The van der Waals surface area contributed by atoms with Crippen molar-refractivity contribution in [1.82, 2.24) is 0 Å². The maximum atomic E-state index is 9.71. The van der Waals surface area contributed by atoms with Crippen molar-refractivity contribution in [3.63, 3.8) is 0 Å². The molecule has 0 bridgehead atoms. The van der Waals surface area contributed by atoms with Crippen LogP contribution in [0.4, 0.5) is 0 Å². The lowest BCUT2D eigenvalue weighted by Crippen LogP contribution is -2.48. The average molecular weight is 352 g/mol. The Labute approximate surface area is 151 Å². The zero-order valence-electron chi connectivity index (χ0n) is 15.9. The first kappa shape index (κ1) is 20.0. The molecular weight excluding hydrogens is 320 g/mol. The van der Waals surface area contributed by atoms with E-state index in [0.29, 0.717) is 5.75 Å². The summed E-state index contributed by atoms with van der Waals surface area (Å²) >= 11 is 0. The van der Waals surface area contributed by atoms with Crippen molar-refractivity contribution in [3.8, 4) is 11.5 Å². The summed E-state index contributed by atoms with van der Waals surface area (Å²) in [7, 11) is 3.18. The fraction of sp³-hybridized carbons (Fsp3) is 0.700. The lowest BCUT2D eigenvalue weighted by molar-refractivity contribution is -0.416. The van der Waals surface area contributed by atoms with Crippen LogP contribution in [0, 0.1) is 0 Å². The molecule has 1 saturated heterocycles. The zero-order chi connectivity index (χ0) is 18.3. The number of methoxy groups -OCH3 is 2. The second kappa shape index (κ2) is 9.41. The average Bonchev–Trinajstić information content (AvgIpc) is 2.61. The van der Waals surface area contributed by atoms with E-state index in [4.69, 9.17) is 18.9 Å². The van der Waals surface area contributed by atoms with Crippen LogP contribution in [0.25, 0.3) is 0 Å². The largest absolute Gasteiger partial charge is 0.504 e. The third-order valence-electron chi connectivity index (χ3n) is 4.79. The Hall–Kier alpha value is -1.30. The molecule has 0 spiro atoms. The highest BCUT2D eigenvalue weighted by Gasteiger charge is 2.38. The quantitative estimate of drug-likeness (QED) is 0.667. The first-order valence-electron chi connectivity index (χ1n) is 9.26. The maximum Gasteiger partial charge on any atom is 0.280 e. The van der Waals surface area contributed by atoms with E-state index in [9.17, 15) is 5.11 Å². The van der Waals surface area contributed by atoms with E-state index in [0.717, 1.165) is 31.2 Å². The molecule has 2 rings (SSSR count). The molecule has 0 aliphatic carbocycles. The van der Waals surface area contributed by atoms with Gasteiger partial charge in [0.15, 0.2) is 11.5 Å². The van der Waals surface area contributed by atoms with Crippen molar-refractivity contribution in [2.75, 3.05) is 14.2 Å². The van der Waals surface area contributed by atoms with Crippen LogP contribution < -0.4 is 4.74 Å². The van der Waals surface area contributed by atoms with Gasteiger partial charge in [0.2, 0.25) is 0 Å². The highest BCUT2D eigenvalue weighted by atomic mass is 16.9. The minimum Gasteiger partial charge on any atom is -0.504 e. The van der Waals surface area contributed by atoms with E-state index in [-0.39, 0.29) is 18.0 Å². The molecule has 1 N–H and O–H groups in total. The topological polar surface area (TPSA) is 57.2 Å². The van der Waals surface area contributed by atoms with Gasteiger partial charge >= 0.3 is 0 Å². The molecule has 1 heterocycles. The number of aromatic hydroxyl groups is 1. The number of benzene rings is 1. The second-order valence-corrected chi connectivity index (χ2v) is 6.82. The Morgan fingerprint density at radius 1 is 1.16 bits per heavy atom. The van der Waals surface area contributed by atoms with Crippen molar-refractivity contribution in [1.29, 1.82) is 0 Å². The lowest BCUT2D eigenvalue weighted by Gasteiger charge is -2.41. The van der Waals surface area contributed by atoms with Crippen LogP contribution in [0.1, 0.15) is 57.9 Å². The van der Waals surface area contributed by atoms with Gasteiger partial charge in [0.1, 0.15) is 0 Å². The van der Waals surface area contributed by atoms with E-state index >= 15 is 0 Å². The van der Waals surface area contributed by atoms with Crippen molar-refractivity contribution in [3.05, 3.63) is 23.8 Å². The number of aryl methyl sites for hydroxylation is 1. The Morgan fingerprint density at radius 2 is 1.88 bits per heavy atom. The Morgan fingerprint density at radius 3 is 2.52 bits per heavy atom. The molecule has 0 amide bonds. The van der Waals surface area contributed by atoms with Gasteiger partial charge in [-0.3, -0.25) is 0 Å². The van der Waals surface area contributed by atoms with Crippen LogP contribution in [0.3, 0.4) is 0 Å². The molecule has 1 aliphatic rings. The van der Waals surface area contributed by atoms with Gasteiger partial charge in [-0.1, -0.05) is 32.3 Å². The van der Waals surface area contributed by atoms with Gasteiger partial charge in [-0.15, -0.1) is 0 Å². The van der Waals surface area contributed by atoms with Crippen molar-refractivity contribution in [2.45, 2.75) is 77.0 Å². The van der Waals surface area contributed by atoms with E-state index < -0.39 is 5.97 Å². The summed E-state index contributed by atoms with van der Waals surface area (Å²) in [5.74, 6) is -0.298. The Balaban J connectivity index is 1.94. The zero-order valence-corrected chi connectivity index (χ0v) is 15.9. The highest BCUT2D eigenvalue weighted by molar-refractivity contribution is 5.41. The van der Waals surface area contributed by atoms with Gasteiger partial charge in [-0.05, 0) is 37.0 Å². The summed E-state index contributed by atoms with van der Waals surface area (Å²) in [6.45, 7) is 4.05. The molecule has 0 aromatic heterocycles. The van der Waals surface area contributed by atoms with E-state index in [1.54, 1.807) is 20.3 Å². The summed E-state index contributed by atoms with van der Waals surface area (Å²) in [5, 5.41) is 9.71. The van der Waals surface area contributed by atoms with Crippen molar-refractivity contribution in [2.24, 2.45) is 0 Å². The summed E-state index contributed by atoms with van der Waals surface area (Å²) in [4.78, 5) is 0. The van der Waals surface area contributed by atoms with Gasteiger partial charge < -0.3 is 24.1 Å². The predicted octanol–water partition coefficient (Wildman–Crippen LogP) is 4.41. The number of phenols is 1. The molecule has 5 heteroatoms. The molecule has 25 heavy (non-hydrogen) atoms. The Bertz CT molecular complexity index is 533. The molecule has 1 aliphatic heterocycles. The fourth-order valence-electron chi connectivity index (χ4n) is 3.30. The van der Waals surface area contributed by atoms with E-state index in [1.165, 1.54) is 19.3 Å². The van der Waals surface area contributed by atoms with Gasteiger partial charge in [0, 0.05) is 20.5 Å². The monoisotopic (exact) mass is 352 g/mol. The minimum absolute atomic E-state index is 0.0881. The number of hydrogen-bond acceptors (Lipinski definition) is 5. The lowest BCUT2D eigenvalue weighted by atomic mass is 9.98. The molecule has 1 aromatic rings.